The number of rotatable bonds is 6. The van der Waals surface area contributed by atoms with E-state index in [1.165, 1.54) is 0 Å². The zero-order valence-corrected chi connectivity index (χ0v) is 18.4. The van der Waals surface area contributed by atoms with E-state index in [0.717, 1.165) is 44.8 Å². The number of aryl methyl sites for hydroxylation is 2. The number of hydrogen-bond donors (Lipinski definition) is 2. The largest absolute Gasteiger partial charge is 0.361 e. The molecule has 0 atom stereocenters. The molecule has 0 aliphatic heterocycles. The molecular weight excluding hydrogens is 398 g/mol. The summed E-state index contributed by atoms with van der Waals surface area (Å²) < 4.78 is 2.03. The Hall–Kier alpha value is -4.11. The molecule has 3 heterocycles. The van der Waals surface area contributed by atoms with E-state index in [-0.39, 0.29) is 11.5 Å². The van der Waals surface area contributed by atoms with Gasteiger partial charge in [0.2, 0.25) is 0 Å². The molecule has 4 aromatic rings. The molecule has 6 heteroatoms. The van der Waals surface area contributed by atoms with Gasteiger partial charge in [-0.25, -0.2) is 4.98 Å². The molecule has 0 aliphatic rings. The summed E-state index contributed by atoms with van der Waals surface area (Å²) in [6.07, 6.45) is 6.07. The first-order valence-electron chi connectivity index (χ1n) is 10.5. The lowest BCUT2D eigenvalue weighted by Crippen LogP contribution is -2.26. The molecule has 6 nitrogen and oxygen atoms in total. The molecule has 0 aliphatic carbocycles. The number of aromatic nitrogens is 3. The number of aromatic amines is 1. The summed E-state index contributed by atoms with van der Waals surface area (Å²) in [5.74, 6) is 0.451. The summed E-state index contributed by atoms with van der Waals surface area (Å²) >= 11 is 0. The maximum absolute atomic E-state index is 12.7. The van der Waals surface area contributed by atoms with Crippen molar-refractivity contribution in [3.05, 3.63) is 88.5 Å². The van der Waals surface area contributed by atoms with Crippen molar-refractivity contribution in [1.29, 1.82) is 5.26 Å². The number of nitrogens with zero attached hydrogens (tertiary/aromatic N) is 3. The molecule has 0 unspecified atom stereocenters. The summed E-state index contributed by atoms with van der Waals surface area (Å²) in [5.41, 5.74) is 6.16. The van der Waals surface area contributed by atoms with Crippen LogP contribution in [0, 0.1) is 32.1 Å². The second kappa shape index (κ2) is 8.94. The van der Waals surface area contributed by atoms with Gasteiger partial charge in [-0.15, -0.1) is 0 Å². The van der Waals surface area contributed by atoms with Crippen molar-refractivity contribution in [2.45, 2.75) is 27.2 Å². The lowest BCUT2D eigenvalue weighted by molar-refractivity contribution is -0.117. The molecule has 0 radical (unpaired) electrons. The van der Waals surface area contributed by atoms with Crippen LogP contribution in [0.5, 0.6) is 0 Å². The average molecular weight is 424 g/mol. The number of amides is 1. The summed E-state index contributed by atoms with van der Waals surface area (Å²) in [6, 6.07) is 16.0. The highest BCUT2D eigenvalue weighted by Gasteiger charge is 2.14. The Morgan fingerprint density at radius 3 is 2.81 bits per heavy atom. The summed E-state index contributed by atoms with van der Waals surface area (Å²) in [4.78, 5) is 20.4. The van der Waals surface area contributed by atoms with Gasteiger partial charge in [0, 0.05) is 41.2 Å². The van der Waals surface area contributed by atoms with Crippen LogP contribution in [0.25, 0.3) is 22.8 Å². The fourth-order valence-electron chi connectivity index (χ4n) is 3.98. The summed E-state index contributed by atoms with van der Waals surface area (Å²) in [6.45, 7) is 6.43. The van der Waals surface area contributed by atoms with Crippen LogP contribution < -0.4 is 5.32 Å². The van der Waals surface area contributed by atoms with E-state index in [0.29, 0.717) is 13.0 Å². The molecule has 3 aromatic heterocycles. The van der Waals surface area contributed by atoms with Crippen LogP contribution in [-0.2, 0) is 11.2 Å². The van der Waals surface area contributed by atoms with Crippen LogP contribution in [0.1, 0.15) is 28.1 Å². The molecule has 0 saturated heterocycles. The van der Waals surface area contributed by atoms with Gasteiger partial charge >= 0.3 is 0 Å². The number of hydrogen-bond acceptors (Lipinski definition) is 3. The lowest BCUT2D eigenvalue weighted by atomic mass is 10.1. The third-order valence-electron chi connectivity index (χ3n) is 5.62. The second-order valence-electron chi connectivity index (χ2n) is 7.89. The summed E-state index contributed by atoms with van der Waals surface area (Å²) in [7, 11) is 0. The van der Waals surface area contributed by atoms with Crippen LogP contribution in [0.3, 0.4) is 0 Å². The van der Waals surface area contributed by atoms with Crippen molar-refractivity contribution < 1.29 is 4.79 Å². The quantitative estimate of drug-likeness (QED) is 0.352. The normalized spacial score (nSPS) is 11.5. The molecule has 160 valence electrons. The molecule has 0 saturated carbocycles. The average Bonchev–Trinajstić information content (AvgIpc) is 3.32. The number of H-pyrrole nitrogens is 1. The molecule has 32 heavy (non-hydrogen) atoms. The van der Waals surface area contributed by atoms with Gasteiger partial charge in [0.05, 0.1) is 0 Å². The Morgan fingerprint density at radius 1 is 1.22 bits per heavy atom. The van der Waals surface area contributed by atoms with Crippen LogP contribution in [0.2, 0.25) is 0 Å². The highest BCUT2D eigenvalue weighted by molar-refractivity contribution is 6.01. The van der Waals surface area contributed by atoms with E-state index in [1.54, 1.807) is 12.3 Å². The first kappa shape index (κ1) is 21.1. The topological polar surface area (TPSA) is 86.5 Å². The SMILES string of the molecule is Cc1ccnc(-n2c(C)cc(/C=C(/C#N)C(=O)NCCc3c[nH]c4ccccc34)c2C)c1. The van der Waals surface area contributed by atoms with Crippen molar-refractivity contribution in [2.75, 3.05) is 6.54 Å². The van der Waals surface area contributed by atoms with Gasteiger partial charge in [-0.1, -0.05) is 18.2 Å². The third kappa shape index (κ3) is 4.19. The van der Waals surface area contributed by atoms with Crippen LogP contribution in [0.15, 0.2) is 60.4 Å². The van der Waals surface area contributed by atoms with Crippen molar-refractivity contribution in [2.24, 2.45) is 0 Å². The van der Waals surface area contributed by atoms with Gasteiger partial charge in [0.15, 0.2) is 0 Å². The molecular formula is C26H25N5O. The van der Waals surface area contributed by atoms with E-state index in [2.05, 4.69) is 21.4 Å². The molecule has 2 N–H and O–H groups in total. The third-order valence-corrected chi connectivity index (χ3v) is 5.62. The van der Waals surface area contributed by atoms with E-state index < -0.39 is 0 Å². The maximum atomic E-state index is 12.7. The predicted molar refractivity (Wildman–Crippen MR) is 126 cm³/mol. The minimum absolute atomic E-state index is 0.0846. The van der Waals surface area contributed by atoms with Gasteiger partial charge in [-0.3, -0.25) is 4.79 Å². The van der Waals surface area contributed by atoms with E-state index >= 15 is 0 Å². The Labute approximate surface area is 187 Å². The molecule has 1 aromatic carbocycles. The smallest absolute Gasteiger partial charge is 0.261 e. The minimum atomic E-state index is -0.370. The monoisotopic (exact) mass is 423 g/mol. The number of carbonyl (C=O) groups excluding carboxylic acids is 1. The standard InChI is InChI=1S/C26H25N5O/c1-17-8-10-28-25(12-17)31-18(2)13-21(19(31)3)14-22(15-27)26(32)29-11-9-20-16-30-24-7-5-4-6-23(20)24/h4-8,10,12-14,16,30H,9,11H2,1-3H3,(H,29,32)/b22-14-. The number of nitriles is 1. The molecule has 4 rings (SSSR count). The van der Waals surface area contributed by atoms with Crippen molar-refractivity contribution in [3.8, 4) is 11.9 Å². The number of fused-ring (bicyclic) bond motifs is 1. The second-order valence-corrected chi connectivity index (χ2v) is 7.89. The molecule has 0 bridgehead atoms. The Bertz CT molecular complexity index is 1370. The molecule has 1 amide bonds. The van der Waals surface area contributed by atoms with Crippen LogP contribution in [-0.4, -0.2) is 27.0 Å². The Kier molecular flexibility index (Phi) is 5.91. The zero-order valence-electron chi connectivity index (χ0n) is 18.4. The van der Waals surface area contributed by atoms with Gasteiger partial charge in [-0.2, -0.15) is 5.26 Å². The molecule has 0 spiro atoms. The van der Waals surface area contributed by atoms with Crippen molar-refractivity contribution in [1.82, 2.24) is 19.9 Å². The number of benzene rings is 1. The van der Waals surface area contributed by atoms with Crippen LogP contribution in [0.4, 0.5) is 0 Å². The van der Waals surface area contributed by atoms with Crippen molar-refractivity contribution >= 4 is 22.9 Å². The Morgan fingerprint density at radius 2 is 2.03 bits per heavy atom. The predicted octanol–water partition coefficient (Wildman–Crippen LogP) is 4.54. The lowest BCUT2D eigenvalue weighted by Gasteiger charge is -2.09. The maximum Gasteiger partial charge on any atom is 0.261 e. The Balaban J connectivity index is 1.50. The highest BCUT2D eigenvalue weighted by Crippen LogP contribution is 2.22. The first-order chi connectivity index (χ1) is 15.5. The fourth-order valence-corrected chi connectivity index (χ4v) is 3.98. The van der Waals surface area contributed by atoms with E-state index in [9.17, 15) is 10.1 Å². The number of para-hydroxylation sites is 1. The van der Waals surface area contributed by atoms with E-state index in [4.69, 9.17) is 0 Å². The van der Waals surface area contributed by atoms with Crippen LogP contribution >= 0.6 is 0 Å². The zero-order chi connectivity index (χ0) is 22.7. The van der Waals surface area contributed by atoms with E-state index in [1.807, 2.05) is 74.0 Å². The highest BCUT2D eigenvalue weighted by atomic mass is 16.1. The molecule has 0 fully saturated rings. The van der Waals surface area contributed by atoms with Crippen molar-refractivity contribution in [3.63, 3.8) is 0 Å². The van der Waals surface area contributed by atoms with Gasteiger partial charge < -0.3 is 14.9 Å². The summed E-state index contributed by atoms with van der Waals surface area (Å²) in [5, 5.41) is 13.6. The minimum Gasteiger partial charge on any atom is -0.361 e. The fraction of sp³-hybridized carbons (Fsp3) is 0.192. The van der Waals surface area contributed by atoms with Gasteiger partial charge in [0.25, 0.3) is 5.91 Å². The van der Waals surface area contributed by atoms with Gasteiger partial charge in [-0.05, 0) is 74.2 Å². The number of nitrogens with one attached hydrogen (secondary N) is 2. The van der Waals surface area contributed by atoms with Gasteiger partial charge in [0.1, 0.15) is 17.5 Å². The first-order valence-corrected chi connectivity index (χ1v) is 10.5. The number of carbonyl (C=O) groups is 1. The number of pyridine rings is 1.